The van der Waals surface area contributed by atoms with E-state index in [0.29, 0.717) is 0 Å². The first kappa shape index (κ1) is 15.8. The largest absolute Gasteiger partial charge is 0.316 e. The van der Waals surface area contributed by atoms with E-state index in [9.17, 15) is 0 Å². The molecule has 1 N–H and O–H groups in total. The molecule has 0 bridgehead atoms. The Bertz CT molecular complexity index is 365. The fourth-order valence-corrected chi connectivity index (χ4v) is 2.95. The van der Waals surface area contributed by atoms with E-state index >= 15 is 0 Å². The van der Waals surface area contributed by atoms with Crippen LogP contribution in [0.25, 0.3) is 0 Å². The average molecular weight is 289 g/mol. The number of hydrogen-bond acceptors (Lipinski definition) is 2. The number of halogens is 2. The van der Waals surface area contributed by atoms with Crippen LogP contribution in [-0.2, 0) is 13.0 Å². The first-order valence-corrected chi connectivity index (χ1v) is 6.41. The minimum Gasteiger partial charge on any atom is -0.316 e. The maximum absolute atomic E-state index is 3.45. The summed E-state index contributed by atoms with van der Waals surface area (Å²) in [6, 6.07) is 8.90. The molecule has 1 saturated heterocycles. The Morgan fingerprint density at radius 2 is 1.94 bits per heavy atom. The third-order valence-corrected chi connectivity index (χ3v) is 3.89. The molecular weight excluding hydrogens is 267 g/mol. The molecule has 18 heavy (non-hydrogen) atoms. The zero-order valence-corrected chi connectivity index (χ0v) is 12.2. The lowest BCUT2D eigenvalue weighted by Crippen LogP contribution is -2.35. The molecule has 2 aliphatic rings. The Balaban J connectivity index is 0.000000810. The summed E-state index contributed by atoms with van der Waals surface area (Å²) in [4.78, 5) is 2.62. The minimum atomic E-state index is 0. The fraction of sp³-hybridized carbons (Fsp3) is 0.571. The number of rotatable bonds is 2. The summed E-state index contributed by atoms with van der Waals surface area (Å²) in [5.41, 5.74) is 3.10. The summed E-state index contributed by atoms with van der Waals surface area (Å²) in [5, 5.41) is 3.45. The molecule has 0 aromatic heterocycles. The van der Waals surface area contributed by atoms with Gasteiger partial charge in [-0.05, 0) is 43.0 Å². The van der Waals surface area contributed by atoms with Crippen molar-refractivity contribution in [2.24, 2.45) is 5.92 Å². The van der Waals surface area contributed by atoms with Gasteiger partial charge >= 0.3 is 0 Å². The molecule has 0 amide bonds. The SMILES string of the molecule is Cl.Cl.c1ccc2c(c1)CCN(CC1CCNC1)C2. The van der Waals surface area contributed by atoms with E-state index in [4.69, 9.17) is 0 Å². The maximum atomic E-state index is 3.45. The van der Waals surface area contributed by atoms with Gasteiger partial charge in [-0.25, -0.2) is 0 Å². The van der Waals surface area contributed by atoms with Gasteiger partial charge in [0.2, 0.25) is 0 Å². The fourth-order valence-electron chi connectivity index (χ4n) is 2.95. The molecule has 0 saturated carbocycles. The molecule has 2 nitrogen and oxygen atoms in total. The summed E-state index contributed by atoms with van der Waals surface area (Å²) in [6.07, 6.45) is 2.59. The summed E-state index contributed by atoms with van der Waals surface area (Å²) in [7, 11) is 0. The highest BCUT2D eigenvalue weighted by Gasteiger charge is 2.21. The van der Waals surface area contributed by atoms with Crippen LogP contribution in [0.1, 0.15) is 17.5 Å². The van der Waals surface area contributed by atoms with Gasteiger partial charge in [0, 0.05) is 19.6 Å². The third-order valence-electron chi connectivity index (χ3n) is 3.89. The number of nitrogens with zero attached hydrogens (tertiary/aromatic N) is 1. The van der Waals surface area contributed by atoms with E-state index in [-0.39, 0.29) is 24.8 Å². The van der Waals surface area contributed by atoms with E-state index < -0.39 is 0 Å². The number of hydrogen-bond donors (Lipinski definition) is 1. The van der Waals surface area contributed by atoms with Crippen LogP contribution in [0.5, 0.6) is 0 Å². The Morgan fingerprint density at radius 1 is 1.17 bits per heavy atom. The molecule has 2 heterocycles. The van der Waals surface area contributed by atoms with Crippen LogP contribution in [0.15, 0.2) is 24.3 Å². The Hall–Kier alpha value is -0.280. The molecule has 1 atom stereocenters. The maximum Gasteiger partial charge on any atom is 0.0236 e. The first-order chi connectivity index (χ1) is 7.92. The van der Waals surface area contributed by atoms with Crippen molar-refractivity contribution in [2.75, 3.05) is 26.2 Å². The van der Waals surface area contributed by atoms with Gasteiger partial charge in [-0.2, -0.15) is 0 Å². The molecule has 102 valence electrons. The third kappa shape index (κ3) is 3.61. The second kappa shape index (κ2) is 7.34. The average Bonchev–Trinajstić information content (AvgIpc) is 2.82. The van der Waals surface area contributed by atoms with Crippen molar-refractivity contribution in [3.8, 4) is 0 Å². The second-order valence-electron chi connectivity index (χ2n) is 5.11. The summed E-state index contributed by atoms with van der Waals surface area (Å²) in [5.74, 6) is 0.880. The molecule has 3 rings (SSSR count). The summed E-state index contributed by atoms with van der Waals surface area (Å²) < 4.78 is 0. The molecule has 0 radical (unpaired) electrons. The van der Waals surface area contributed by atoms with E-state index in [1.54, 1.807) is 11.1 Å². The van der Waals surface area contributed by atoms with Gasteiger partial charge in [0.25, 0.3) is 0 Å². The molecule has 1 fully saturated rings. The van der Waals surface area contributed by atoms with E-state index in [2.05, 4.69) is 34.5 Å². The number of fused-ring (bicyclic) bond motifs is 1. The number of nitrogens with one attached hydrogen (secondary N) is 1. The Kier molecular flexibility index (Phi) is 6.44. The summed E-state index contributed by atoms with van der Waals surface area (Å²) >= 11 is 0. The predicted molar refractivity (Wildman–Crippen MR) is 80.9 cm³/mol. The standard InChI is InChI=1S/C14H20N2.2ClH/c1-2-4-14-11-16(8-6-13(14)3-1)10-12-5-7-15-9-12;;/h1-4,12,15H,5-11H2;2*1H. The lowest BCUT2D eigenvalue weighted by atomic mass is 9.98. The molecule has 4 heteroatoms. The van der Waals surface area contributed by atoms with Crippen LogP contribution < -0.4 is 5.32 Å². The second-order valence-corrected chi connectivity index (χ2v) is 5.11. The van der Waals surface area contributed by atoms with Gasteiger partial charge in [0.1, 0.15) is 0 Å². The minimum absolute atomic E-state index is 0. The van der Waals surface area contributed by atoms with Gasteiger partial charge in [0.15, 0.2) is 0 Å². The van der Waals surface area contributed by atoms with Gasteiger partial charge in [-0.3, -0.25) is 4.90 Å². The van der Waals surface area contributed by atoms with Crippen LogP contribution in [0.3, 0.4) is 0 Å². The van der Waals surface area contributed by atoms with Crippen LogP contribution in [-0.4, -0.2) is 31.1 Å². The molecule has 0 spiro atoms. The lowest BCUT2D eigenvalue weighted by Gasteiger charge is -2.30. The lowest BCUT2D eigenvalue weighted by molar-refractivity contribution is 0.220. The molecule has 1 unspecified atom stereocenters. The topological polar surface area (TPSA) is 15.3 Å². The monoisotopic (exact) mass is 288 g/mol. The van der Waals surface area contributed by atoms with E-state index in [0.717, 1.165) is 12.5 Å². The van der Waals surface area contributed by atoms with Crippen molar-refractivity contribution in [2.45, 2.75) is 19.4 Å². The van der Waals surface area contributed by atoms with Crippen molar-refractivity contribution in [3.05, 3.63) is 35.4 Å². The van der Waals surface area contributed by atoms with Gasteiger partial charge < -0.3 is 5.32 Å². The highest BCUT2D eigenvalue weighted by Crippen LogP contribution is 2.20. The Labute approximate surface area is 122 Å². The van der Waals surface area contributed by atoms with Crippen molar-refractivity contribution in [1.29, 1.82) is 0 Å². The van der Waals surface area contributed by atoms with Crippen LogP contribution in [0.2, 0.25) is 0 Å². The molecular formula is C14H22Cl2N2. The molecule has 0 aliphatic carbocycles. The predicted octanol–water partition coefficient (Wildman–Crippen LogP) is 2.50. The smallest absolute Gasteiger partial charge is 0.0236 e. The van der Waals surface area contributed by atoms with Crippen molar-refractivity contribution < 1.29 is 0 Å². The van der Waals surface area contributed by atoms with Gasteiger partial charge in [0.05, 0.1) is 0 Å². The van der Waals surface area contributed by atoms with E-state index in [1.807, 2.05) is 0 Å². The first-order valence-electron chi connectivity index (χ1n) is 6.41. The van der Waals surface area contributed by atoms with Gasteiger partial charge in [-0.15, -0.1) is 24.8 Å². The Morgan fingerprint density at radius 3 is 2.67 bits per heavy atom. The van der Waals surface area contributed by atoms with Crippen molar-refractivity contribution >= 4 is 24.8 Å². The molecule has 1 aromatic carbocycles. The summed E-state index contributed by atoms with van der Waals surface area (Å²) in [6.45, 7) is 6.12. The molecule has 2 aliphatic heterocycles. The van der Waals surface area contributed by atoms with Crippen LogP contribution in [0, 0.1) is 5.92 Å². The highest BCUT2D eigenvalue weighted by atomic mass is 35.5. The van der Waals surface area contributed by atoms with Gasteiger partial charge in [-0.1, -0.05) is 24.3 Å². The molecule has 1 aromatic rings. The van der Waals surface area contributed by atoms with Crippen LogP contribution in [0.4, 0.5) is 0 Å². The highest BCUT2D eigenvalue weighted by molar-refractivity contribution is 5.85. The normalized spacial score (nSPS) is 22.8. The zero-order chi connectivity index (χ0) is 10.8. The quantitative estimate of drug-likeness (QED) is 0.900. The van der Waals surface area contributed by atoms with Crippen LogP contribution >= 0.6 is 24.8 Å². The zero-order valence-electron chi connectivity index (χ0n) is 10.6. The van der Waals surface area contributed by atoms with Crippen molar-refractivity contribution in [1.82, 2.24) is 10.2 Å². The van der Waals surface area contributed by atoms with E-state index in [1.165, 1.54) is 39.0 Å². The number of benzene rings is 1. The van der Waals surface area contributed by atoms with Crippen molar-refractivity contribution in [3.63, 3.8) is 0 Å².